The lowest BCUT2D eigenvalue weighted by Gasteiger charge is -2.39. The number of nitrogens with zero attached hydrogens (tertiary/aromatic N) is 2. The van der Waals surface area contributed by atoms with Crippen LogP contribution in [0.5, 0.6) is 11.5 Å². The average Bonchev–Trinajstić information content (AvgIpc) is 3.03. The Morgan fingerprint density at radius 3 is 1.96 bits per heavy atom. The fourth-order valence-electron chi connectivity index (χ4n) is 7.15. The van der Waals surface area contributed by atoms with Crippen molar-refractivity contribution in [2.75, 3.05) is 58.5 Å². The highest BCUT2D eigenvalue weighted by molar-refractivity contribution is 7.85. The molecule has 1 unspecified atom stereocenters. The molecule has 10 nitrogen and oxygen atoms in total. The van der Waals surface area contributed by atoms with Crippen LogP contribution in [-0.2, 0) is 24.4 Å². The second kappa shape index (κ2) is 17.7. The molecule has 266 valence electrons. The van der Waals surface area contributed by atoms with E-state index in [2.05, 4.69) is 69.0 Å². The Kier molecular flexibility index (Phi) is 14.0. The predicted molar refractivity (Wildman–Crippen MR) is 186 cm³/mol. The number of benzene rings is 2. The first-order valence-corrected chi connectivity index (χ1v) is 19.2. The minimum atomic E-state index is -4.55. The number of rotatable bonds is 18. The van der Waals surface area contributed by atoms with Crippen LogP contribution < -0.4 is 9.47 Å². The third-order valence-electron chi connectivity index (χ3n) is 9.75. The van der Waals surface area contributed by atoms with E-state index in [-0.39, 0.29) is 25.7 Å². The van der Waals surface area contributed by atoms with Crippen LogP contribution in [0, 0.1) is 19.8 Å². The van der Waals surface area contributed by atoms with Gasteiger partial charge in [0.2, 0.25) is 5.88 Å². The first kappa shape index (κ1) is 38.0. The van der Waals surface area contributed by atoms with Crippen molar-refractivity contribution in [3.63, 3.8) is 0 Å². The van der Waals surface area contributed by atoms with Gasteiger partial charge < -0.3 is 19.1 Å². The van der Waals surface area contributed by atoms with Gasteiger partial charge in [0.25, 0.3) is 0 Å². The van der Waals surface area contributed by atoms with Crippen LogP contribution in [0.3, 0.4) is 0 Å². The summed E-state index contributed by atoms with van der Waals surface area (Å²) in [6, 6.07) is 13.0. The lowest BCUT2D eigenvalue weighted by Crippen LogP contribution is -2.64. The Hall–Kier alpha value is -2.83. The summed E-state index contributed by atoms with van der Waals surface area (Å²) in [4.78, 5) is 27.9. The van der Waals surface area contributed by atoms with Gasteiger partial charge in [-0.3, -0.25) is 4.55 Å². The zero-order valence-corrected chi connectivity index (χ0v) is 30.1. The number of piperidine rings is 1. The van der Waals surface area contributed by atoms with E-state index in [9.17, 15) is 22.6 Å². The molecular weight excluding hydrogens is 632 g/mol. The van der Waals surface area contributed by atoms with Crippen molar-refractivity contribution in [2.45, 2.75) is 85.0 Å². The van der Waals surface area contributed by atoms with E-state index in [1.165, 1.54) is 22.3 Å². The first-order valence-electron chi connectivity index (χ1n) is 17.6. The largest absolute Gasteiger partial charge is 0.494 e. The third-order valence-corrected chi connectivity index (χ3v) is 10.5. The minimum Gasteiger partial charge on any atom is -0.494 e. The van der Waals surface area contributed by atoms with Gasteiger partial charge in [0, 0.05) is 12.5 Å². The number of carbonyl (C=O) groups is 2. The fraction of sp³-hybridized carbons (Fsp3) is 0.622. The molecule has 1 N–H and O–H groups in total. The van der Waals surface area contributed by atoms with Crippen LogP contribution in [-0.4, -0.2) is 92.7 Å². The summed E-state index contributed by atoms with van der Waals surface area (Å²) in [5.74, 6) is 0.140. The molecule has 0 aliphatic carbocycles. The number of likely N-dealkylation sites (tertiary alicyclic amines) is 1. The third kappa shape index (κ3) is 10.1. The Morgan fingerprint density at radius 2 is 1.46 bits per heavy atom. The maximum absolute atomic E-state index is 12.7. The number of unbranched alkanes of at least 4 members (excludes halogenated alkanes) is 3. The predicted octanol–water partition coefficient (Wildman–Crippen LogP) is 6.03. The van der Waals surface area contributed by atoms with Crippen LogP contribution in [0.15, 0.2) is 36.4 Å². The fourth-order valence-corrected chi connectivity index (χ4v) is 8.12. The topological polar surface area (TPSA) is 119 Å². The quantitative estimate of drug-likeness (QED) is 0.0867. The van der Waals surface area contributed by atoms with Crippen LogP contribution in [0.2, 0.25) is 0 Å². The lowest BCUT2D eigenvalue weighted by molar-refractivity contribution is -0.772. The van der Waals surface area contributed by atoms with E-state index in [1.54, 1.807) is 0 Å². The molecule has 0 saturated carbocycles. The van der Waals surface area contributed by atoms with E-state index < -0.39 is 32.3 Å². The second-order valence-electron chi connectivity index (χ2n) is 13.5. The SMILES string of the molecule is CCCCOc1ccc(C(c2ccc(OCCCC)cc2C)C2CCCN(CCCC[N+]3(CS(=O)(=O)O)C(=O)COCC3=O)C2)c(C)c1. The molecule has 2 aliphatic heterocycles. The number of morpholine rings is 1. The van der Waals surface area contributed by atoms with Gasteiger partial charge in [0.05, 0.1) is 19.8 Å². The molecule has 2 saturated heterocycles. The van der Waals surface area contributed by atoms with E-state index in [1.807, 2.05) is 0 Å². The van der Waals surface area contributed by atoms with E-state index >= 15 is 0 Å². The van der Waals surface area contributed by atoms with Gasteiger partial charge in [0.1, 0.15) is 11.5 Å². The second-order valence-corrected chi connectivity index (χ2v) is 14.9. The van der Waals surface area contributed by atoms with Gasteiger partial charge in [-0.25, -0.2) is 9.59 Å². The van der Waals surface area contributed by atoms with Gasteiger partial charge in [0.15, 0.2) is 13.2 Å². The van der Waals surface area contributed by atoms with Gasteiger partial charge in [-0.15, -0.1) is 0 Å². The Morgan fingerprint density at radius 1 is 0.896 bits per heavy atom. The maximum atomic E-state index is 12.7. The number of ether oxygens (including phenoxy) is 3. The summed E-state index contributed by atoms with van der Waals surface area (Å²) >= 11 is 0. The van der Waals surface area contributed by atoms with Crippen LogP contribution in [0.1, 0.15) is 93.4 Å². The average molecular weight is 688 g/mol. The van der Waals surface area contributed by atoms with Crippen molar-refractivity contribution in [1.29, 1.82) is 0 Å². The Balaban J connectivity index is 1.51. The summed E-state index contributed by atoms with van der Waals surface area (Å²) in [6.07, 6.45) is 7.51. The summed E-state index contributed by atoms with van der Waals surface area (Å²) in [5.41, 5.74) is 5.02. The zero-order valence-electron chi connectivity index (χ0n) is 29.2. The van der Waals surface area contributed by atoms with E-state index in [0.29, 0.717) is 32.0 Å². The number of hydrogen-bond acceptors (Lipinski definition) is 8. The highest BCUT2D eigenvalue weighted by Gasteiger charge is 2.50. The molecule has 4 rings (SSSR count). The van der Waals surface area contributed by atoms with Gasteiger partial charge in [-0.1, -0.05) is 38.8 Å². The number of quaternary nitrogens is 1. The number of carbonyl (C=O) groups excluding carboxylic acids is 2. The smallest absolute Gasteiger partial charge is 0.347 e. The number of hydrogen-bond donors (Lipinski definition) is 1. The molecule has 0 spiro atoms. The molecule has 2 fully saturated rings. The summed E-state index contributed by atoms with van der Waals surface area (Å²) in [6.45, 7) is 12.0. The van der Waals surface area contributed by atoms with Crippen molar-refractivity contribution < 1.29 is 41.3 Å². The van der Waals surface area contributed by atoms with E-state index in [4.69, 9.17) is 14.2 Å². The first-order chi connectivity index (χ1) is 23.0. The molecule has 0 aromatic heterocycles. The lowest BCUT2D eigenvalue weighted by atomic mass is 9.74. The highest BCUT2D eigenvalue weighted by atomic mass is 32.2. The van der Waals surface area contributed by atoms with Crippen molar-refractivity contribution in [1.82, 2.24) is 4.90 Å². The molecule has 0 radical (unpaired) electrons. The summed E-state index contributed by atoms with van der Waals surface area (Å²) < 4.78 is 49.3. The summed E-state index contributed by atoms with van der Waals surface area (Å²) in [5, 5.41) is 0. The molecule has 2 aromatic rings. The highest BCUT2D eigenvalue weighted by Crippen LogP contribution is 2.41. The van der Waals surface area contributed by atoms with Crippen molar-refractivity contribution in [3.05, 3.63) is 58.7 Å². The molecule has 2 aliphatic rings. The van der Waals surface area contributed by atoms with Crippen LogP contribution >= 0.6 is 0 Å². The molecule has 2 amide bonds. The molecular formula is C37H55N2O8S+. The number of aryl methyl sites for hydroxylation is 2. The molecule has 1 atom stereocenters. The molecule has 11 heteroatoms. The monoisotopic (exact) mass is 687 g/mol. The van der Waals surface area contributed by atoms with Crippen molar-refractivity contribution >= 4 is 21.9 Å². The van der Waals surface area contributed by atoms with Gasteiger partial charge in [-0.2, -0.15) is 12.9 Å². The van der Waals surface area contributed by atoms with Gasteiger partial charge >= 0.3 is 21.9 Å². The summed E-state index contributed by atoms with van der Waals surface area (Å²) in [7, 11) is -4.55. The molecule has 48 heavy (non-hydrogen) atoms. The van der Waals surface area contributed by atoms with Crippen molar-refractivity contribution in [2.24, 2.45) is 5.92 Å². The van der Waals surface area contributed by atoms with Crippen LogP contribution in [0.25, 0.3) is 0 Å². The molecule has 2 aromatic carbocycles. The standard InChI is InChI=1S/C37H54N2O8S/c1-5-7-20-46-31-13-15-33(28(3)22-31)37(34-16-14-32(23-29(34)4)47-21-8-6-2)30-12-11-18-38(24-30)17-9-10-19-39(27-48(42,43)44)35(40)25-45-26-36(39)41/h13-16,22-23,30,37H,5-12,17-21,24-27H2,1-4H3/p+1. The van der Waals surface area contributed by atoms with Gasteiger partial charge in [-0.05, 0) is 118 Å². The van der Waals surface area contributed by atoms with Crippen LogP contribution in [0.4, 0.5) is 0 Å². The Bertz CT molecular complexity index is 1420. The Labute approximate surface area is 287 Å². The zero-order chi connectivity index (χ0) is 34.7. The minimum absolute atomic E-state index is 0.0262. The number of imide groups is 1. The molecule has 0 bridgehead atoms. The van der Waals surface area contributed by atoms with E-state index in [0.717, 1.165) is 69.7 Å². The number of amides is 2. The van der Waals surface area contributed by atoms with Crippen molar-refractivity contribution in [3.8, 4) is 11.5 Å². The maximum Gasteiger partial charge on any atom is 0.347 e. The normalized spacial score (nSPS) is 18.8. The molecule has 2 heterocycles.